The maximum atomic E-state index is 15.8. The second-order valence-corrected chi connectivity index (χ2v) is 8.94. The van der Waals surface area contributed by atoms with Crippen molar-refractivity contribution in [3.63, 3.8) is 0 Å². The summed E-state index contributed by atoms with van der Waals surface area (Å²) >= 11 is 7.84. The molecule has 0 unspecified atom stereocenters. The van der Waals surface area contributed by atoms with Crippen molar-refractivity contribution in [3.05, 3.63) is 53.3 Å². The van der Waals surface area contributed by atoms with Gasteiger partial charge in [-0.3, -0.25) is 0 Å². The highest BCUT2D eigenvalue weighted by molar-refractivity contribution is 7.11. The first-order chi connectivity index (χ1) is 15.4. The van der Waals surface area contributed by atoms with E-state index in [-0.39, 0.29) is 16.6 Å². The summed E-state index contributed by atoms with van der Waals surface area (Å²) < 4.78 is 25.6. The Morgan fingerprint density at radius 1 is 1.28 bits per heavy atom. The molecule has 0 bridgehead atoms. The Hall–Kier alpha value is -3.10. The normalized spacial score (nSPS) is 14.1. The van der Waals surface area contributed by atoms with Gasteiger partial charge in [-0.25, -0.2) is 9.18 Å². The maximum Gasteiger partial charge on any atom is 0.407 e. The van der Waals surface area contributed by atoms with Crippen molar-refractivity contribution in [2.45, 2.75) is 6.04 Å². The molecule has 1 aliphatic heterocycles. The van der Waals surface area contributed by atoms with E-state index in [1.807, 2.05) is 35.2 Å². The third kappa shape index (κ3) is 3.22. The predicted molar refractivity (Wildman–Crippen MR) is 126 cm³/mol. The van der Waals surface area contributed by atoms with Crippen LogP contribution in [0.5, 0.6) is 5.75 Å². The number of aromatic nitrogens is 1. The summed E-state index contributed by atoms with van der Waals surface area (Å²) in [5.41, 5.74) is 1.19. The number of likely N-dealkylation sites (N-methyl/N-ethyl adjacent to an activating group) is 1. The van der Waals surface area contributed by atoms with Gasteiger partial charge < -0.3 is 19.6 Å². The molecular formula is C23H19ClFN3O3S. The zero-order valence-electron chi connectivity index (χ0n) is 17.3. The molecule has 9 heteroatoms. The third-order valence-corrected chi connectivity index (χ3v) is 7.21. The molecule has 1 N–H and O–H groups in total. The number of hydrogen-bond acceptors (Lipinski definition) is 5. The summed E-state index contributed by atoms with van der Waals surface area (Å²) in [6, 6.07) is 13.0. The summed E-state index contributed by atoms with van der Waals surface area (Å²) in [6.07, 6.45) is -0.965. The lowest BCUT2D eigenvalue weighted by Gasteiger charge is -2.43. The minimum absolute atomic E-state index is 0.104. The average Bonchev–Trinajstić information content (AvgIpc) is 3.15. The van der Waals surface area contributed by atoms with Gasteiger partial charge in [-0.15, -0.1) is 0 Å². The third-order valence-electron chi connectivity index (χ3n) is 5.99. The highest BCUT2D eigenvalue weighted by Crippen LogP contribution is 2.44. The Morgan fingerprint density at radius 2 is 2.03 bits per heavy atom. The first-order valence-corrected chi connectivity index (χ1v) is 11.1. The molecule has 4 aromatic rings. The molecule has 32 heavy (non-hydrogen) atoms. The van der Waals surface area contributed by atoms with Crippen LogP contribution in [0.1, 0.15) is 0 Å². The van der Waals surface area contributed by atoms with Gasteiger partial charge in [-0.2, -0.15) is 4.37 Å². The Balaban J connectivity index is 1.60. The zero-order valence-corrected chi connectivity index (χ0v) is 18.9. The Labute approximate surface area is 192 Å². The number of hydrogen-bond donors (Lipinski definition) is 1. The lowest BCUT2D eigenvalue weighted by molar-refractivity contribution is 0.130. The van der Waals surface area contributed by atoms with Crippen molar-refractivity contribution >= 4 is 55.9 Å². The second kappa shape index (κ2) is 7.79. The van der Waals surface area contributed by atoms with E-state index in [0.29, 0.717) is 35.4 Å². The number of fused-ring (bicyclic) bond motifs is 2. The summed E-state index contributed by atoms with van der Waals surface area (Å²) in [4.78, 5) is 14.5. The molecule has 0 saturated carbocycles. The molecule has 1 fully saturated rings. The van der Waals surface area contributed by atoms with Gasteiger partial charge in [0.15, 0.2) is 5.82 Å². The summed E-state index contributed by atoms with van der Waals surface area (Å²) in [7, 11) is 3.13. The molecule has 5 rings (SSSR count). The molecule has 0 spiro atoms. The molecule has 0 atom stereocenters. The molecule has 0 aliphatic carbocycles. The van der Waals surface area contributed by atoms with E-state index in [0.717, 1.165) is 15.8 Å². The van der Waals surface area contributed by atoms with Crippen LogP contribution in [-0.2, 0) is 0 Å². The van der Waals surface area contributed by atoms with Crippen LogP contribution in [0.2, 0.25) is 5.02 Å². The molecule has 0 radical (unpaired) electrons. The standard InChI is InChI=1S/C23H19ClFN3O3S/c1-27(23(29)30)13-10-28(11-13)22-17-9-18(24)19(20(25)21(17)26-32-22)16-8-14(31-2)7-12-5-3-4-6-15(12)16/h3-9,13H,10-11H2,1-2H3,(H,29,30). The molecule has 1 amide bonds. The quantitative estimate of drug-likeness (QED) is 0.412. The van der Waals surface area contributed by atoms with Gasteiger partial charge >= 0.3 is 6.09 Å². The number of carboxylic acid groups (broad SMARTS) is 1. The van der Waals surface area contributed by atoms with Crippen LogP contribution in [0.15, 0.2) is 42.5 Å². The van der Waals surface area contributed by atoms with Gasteiger partial charge in [0.05, 0.1) is 18.2 Å². The van der Waals surface area contributed by atoms with E-state index in [4.69, 9.17) is 21.4 Å². The van der Waals surface area contributed by atoms with Crippen molar-refractivity contribution < 1.29 is 19.0 Å². The fourth-order valence-electron chi connectivity index (χ4n) is 4.10. The average molecular weight is 472 g/mol. The number of anilines is 1. The van der Waals surface area contributed by atoms with E-state index in [1.165, 1.54) is 16.4 Å². The minimum atomic E-state index is -0.965. The number of nitrogens with zero attached hydrogens (tertiary/aromatic N) is 3. The van der Waals surface area contributed by atoms with Crippen molar-refractivity contribution in [2.75, 3.05) is 32.1 Å². The van der Waals surface area contributed by atoms with Gasteiger partial charge in [-0.05, 0) is 46.1 Å². The van der Waals surface area contributed by atoms with Crippen LogP contribution in [-0.4, -0.2) is 53.8 Å². The number of amides is 1. The molecule has 1 aliphatic rings. The first-order valence-electron chi connectivity index (χ1n) is 9.94. The van der Waals surface area contributed by atoms with E-state index < -0.39 is 11.9 Å². The SMILES string of the molecule is COc1cc(-c2c(Cl)cc3c(N4CC(N(C)C(=O)O)C4)snc3c2F)c2ccccc2c1. The van der Waals surface area contributed by atoms with Gasteiger partial charge in [0.2, 0.25) is 0 Å². The fraction of sp³-hybridized carbons (Fsp3) is 0.217. The van der Waals surface area contributed by atoms with Crippen LogP contribution in [0.3, 0.4) is 0 Å². The fourth-order valence-corrected chi connectivity index (χ4v) is 5.27. The van der Waals surface area contributed by atoms with Crippen molar-refractivity contribution in [3.8, 4) is 16.9 Å². The largest absolute Gasteiger partial charge is 0.497 e. The van der Waals surface area contributed by atoms with Gasteiger partial charge in [-0.1, -0.05) is 35.9 Å². The lowest BCUT2D eigenvalue weighted by Crippen LogP contribution is -2.59. The number of carbonyl (C=O) groups is 1. The number of methoxy groups -OCH3 is 1. The molecule has 164 valence electrons. The van der Waals surface area contributed by atoms with Crippen LogP contribution >= 0.6 is 23.1 Å². The van der Waals surface area contributed by atoms with Crippen molar-refractivity contribution in [2.24, 2.45) is 0 Å². The maximum absolute atomic E-state index is 15.8. The number of ether oxygens (including phenoxy) is 1. The zero-order chi connectivity index (χ0) is 22.6. The second-order valence-electron chi connectivity index (χ2n) is 7.78. The monoisotopic (exact) mass is 471 g/mol. The Bertz CT molecular complexity index is 1370. The van der Waals surface area contributed by atoms with Gasteiger partial charge in [0, 0.05) is 31.1 Å². The van der Waals surface area contributed by atoms with Crippen LogP contribution < -0.4 is 9.64 Å². The number of rotatable bonds is 4. The summed E-state index contributed by atoms with van der Waals surface area (Å²) in [6.45, 7) is 1.06. The van der Waals surface area contributed by atoms with Crippen LogP contribution in [0.25, 0.3) is 32.8 Å². The van der Waals surface area contributed by atoms with Gasteiger partial charge in [0.25, 0.3) is 0 Å². The molecule has 1 aromatic heterocycles. The van der Waals surface area contributed by atoms with Crippen LogP contribution in [0, 0.1) is 5.82 Å². The van der Waals surface area contributed by atoms with E-state index in [9.17, 15) is 4.79 Å². The topological polar surface area (TPSA) is 65.9 Å². The highest BCUT2D eigenvalue weighted by Gasteiger charge is 2.35. The molecule has 2 heterocycles. The van der Waals surface area contributed by atoms with Crippen LogP contribution in [0.4, 0.5) is 14.2 Å². The molecule has 3 aromatic carbocycles. The predicted octanol–water partition coefficient (Wildman–Crippen LogP) is 5.72. The number of halogens is 2. The van der Waals surface area contributed by atoms with Crippen molar-refractivity contribution in [1.82, 2.24) is 9.27 Å². The van der Waals surface area contributed by atoms with E-state index in [2.05, 4.69) is 4.37 Å². The van der Waals surface area contributed by atoms with Gasteiger partial charge in [0.1, 0.15) is 16.3 Å². The minimum Gasteiger partial charge on any atom is -0.497 e. The van der Waals surface area contributed by atoms with Crippen molar-refractivity contribution in [1.29, 1.82) is 0 Å². The molecule has 1 saturated heterocycles. The summed E-state index contributed by atoms with van der Waals surface area (Å²) in [5, 5.41) is 12.6. The molecular weight excluding hydrogens is 453 g/mol. The van der Waals surface area contributed by atoms with E-state index in [1.54, 1.807) is 26.3 Å². The smallest absolute Gasteiger partial charge is 0.407 e. The Morgan fingerprint density at radius 3 is 2.75 bits per heavy atom. The van der Waals surface area contributed by atoms with E-state index >= 15 is 4.39 Å². The number of benzene rings is 3. The highest BCUT2D eigenvalue weighted by atomic mass is 35.5. The Kier molecular flexibility index (Phi) is 5.06. The first kappa shape index (κ1) is 20.8. The molecule has 6 nitrogen and oxygen atoms in total. The lowest BCUT2D eigenvalue weighted by atomic mass is 9.96. The summed E-state index contributed by atoms with van der Waals surface area (Å²) in [5.74, 6) is 0.135.